The maximum absolute atomic E-state index is 13.6. The number of para-hydroxylation sites is 1. The Labute approximate surface area is 260 Å². The van der Waals surface area contributed by atoms with Crippen molar-refractivity contribution in [1.29, 1.82) is 0 Å². The summed E-state index contributed by atoms with van der Waals surface area (Å²) in [5.41, 5.74) is 4.14. The fourth-order valence-corrected chi connectivity index (χ4v) is 6.32. The molecule has 208 valence electrons. The third-order valence-corrected chi connectivity index (χ3v) is 8.75. The summed E-state index contributed by atoms with van der Waals surface area (Å²) < 4.78 is 15.7. The number of nitrogens with one attached hydrogen (secondary N) is 1. The van der Waals surface area contributed by atoms with Crippen molar-refractivity contribution >= 4 is 91.7 Å². The summed E-state index contributed by atoms with van der Waals surface area (Å²) in [5, 5.41) is 4.71. The maximum atomic E-state index is 13.6. The number of amides is 2. The number of fused-ring (bicyclic) bond motifs is 1. The summed E-state index contributed by atoms with van der Waals surface area (Å²) in [5.74, 6) is -1.06. The van der Waals surface area contributed by atoms with Gasteiger partial charge in [0.2, 0.25) is 0 Å². The van der Waals surface area contributed by atoms with E-state index in [9.17, 15) is 14.0 Å². The first kappa shape index (κ1) is 28.2. The lowest BCUT2D eigenvalue weighted by Crippen LogP contribution is -2.27. The van der Waals surface area contributed by atoms with Crippen LogP contribution in [0.5, 0.6) is 0 Å². The van der Waals surface area contributed by atoms with Gasteiger partial charge in [0, 0.05) is 40.5 Å². The molecule has 2 heterocycles. The summed E-state index contributed by atoms with van der Waals surface area (Å²) in [6, 6.07) is 25.7. The molecule has 0 aliphatic carbocycles. The second-order valence-corrected chi connectivity index (χ2v) is 12.0. The molecule has 42 heavy (non-hydrogen) atoms. The fraction of sp³-hybridized carbons (Fsp3) is 0.0312. The van der Waals surface area contributed by atoms with Crippen molar-refractivity contribution in [2.45, 2.75) is 6.54 Å². The summed E-state index contributed by atoms with van der Waals surface area (Å²) in [6.45, 7) is 0.568. The van der Waals surface area contributed by atoms with Gasteiger partial charge in [0.15, 0.2) is 4.32 Å². The number of halogens is 3. The standard InChI is InChI=1S/C32H20Cl2FN3O2S2/c33-26-13-8-19(14-27(26)34)17-37-18-21(25-6-1-2-7-28(25)37)16-29-31(40)38(32(41)42-29)24-5-3-4-20(15-24)30(39)36-23-11-9-22(35)10-12-23/h1-16,18H,17H2,(H,36,39)/b29-16+. The molecule has 0 unspecified atom stereocenters. The molecule has 0 bridgehead atoms. The number of anilines is 2. The van der Waals surface area contributed by atoms with Crippen molar-refractivity contribution in [2.75, 3.05) is 10.2 Å². The minimum absolute atomic E-state index is 0.276. The Morgan fingerprint density at radius 3 is 2.52 bits per heavy atom. The molecule has 1 aromatic heterocycles. The first-order valence-corrected chi connectivity index (χ1v) is 14.7. The molecule has 1 fully saturated rings. The molecule has 6 rings (SSSR count). The zero-order valence-electron chi connectivity index (χ0n) is 21.7. The number of carbonyl (C=O) groups excluding carboxylic acids is 2. The van der Waals surface area contributed by atoms with Gasteiger partial charge >= 0.3 is 0 Å². The van der Waals surface area contributed by atoms with Crippen molar-refractivity contribution in [3.8, 4) is 0 Å². The molecule has 5 aromatic rings. The molecule has 0 radical (unpaired) electrons. The van der Waals surface area contributed by atoms with Crippen molar-refractivity contribution in [3.63, 3.8) is 0 Å². The Hall–Kier alpha value is -3.95. The maximum Gasteiger partial charge on any atom is 0.270 e. The zero-order valence-corrected chi connectivity index (χ0v) is 24.8. The number of benzene rings is 4. The van der Waals surface area contributed by atoms with Crippen LogP contribution in [-0.2, 0) is 11.3 Å². The molecular formula is C32H20Cl2FN3O2S2. The molecule has 5 nitrogen and oxygen atoms in total. The number of thioether (sulfide) groups is 1. The minimum atomic E-state index is -0.395. The van der Waals surface area contributed by atoms with E-state index in [1.54, 1.807) is 30.3 Å². The van der Waals surface area contributed by atoms with E-state index in [0.717, 1.165) is 22.0 Å². The third kappa shape index (κ3) is 5.71. The molecule has 0 spiro atoms. The highest BCUT2D eigenvalue weighted by atomic mass is 35.5. The zero-order chi connectivity index (χ0) is 29.4. The average Bonchev–Trinajstić information content (AvgIpc) is 3.47. The van der Waals surface area contributed by atoms with Crippen molar-refractivity contribution in [2.24, 2.45) is 0 Å². The first-order valence-electron chi connectivity index (χ1n) is 12.7. The van der Waals surface area contributed by atoms with E-state index in [4.69, 9.17) is 35.4 Å². The number of rotatable bonds is 6. The van der Waals surface area contributed by atoms with Crippen LogP contribution in [0.25, 0.3) is 17.0 Å². The van der Waals surface area contributed by atoms with Crippen LogP contribution in [0.2, 0.25) is 10.0 Å². The summed E-state index contributed by atoms with van der Waals surface area (Å²) in [7, 11) is 0. The van der Waals surface area contributed by atoms with Crippen LogP contribution in [0.3, 0.4) is 0 Å². The summed E-state index contributed by atoms with van der Waals surface area (Å²) >= 11 is 19.1. The van der Waals surface area contributed by atoms with E-state index in [1.165, 1.54) is 40.9 Å². The smallest absolute Gasteiger partial charge is 0.270 e. The lowest BCUT2D eigenvalue weighted by Gasteiger charge is -2.15. The number of nitrogens with zero attached hydrogens (tertiary/aromatic N) is 2. The molecule has 1 saturated heterocycles. The SMILES string of the molecule is O=C(Nc1ccc(F)cc1)c1cccc(N2C(=O)/C(=C\c3cn(Cc4ccc(Cl)c(Cl)c4)c4ccccc34)SC2=S)c1. The predicted octanol–water partition coefficient (Wildman–Crippen LogP) is 8.79. The lowest BCUT2D eigenvalue weighted by atomic mass is 10.1. The van der Waals surface area contributed by atoms with Gasteiger partial charge in [-0.25, -0.2) is 4.39 Å². The van der Waals surface area contributed by atoms with Gasteiger partial charge in [-0.05, 0) is 72.3 Å². The average molecular weight is 633 g/mol. The Balaban J connectivity index is 1.27. The van der Waals surface area contributed by atoms with Crippen LogP contribution in [0, 0.1) is 5.82 Å². The minimum Gasteiger partial charge on any atom is -0.342 e. The van der Waals surface area contributed by atoms with Crippen LogP contribution in [-0.4, -0.2) is 20.7 Å². The predicted molar refractivity (Wildman–Crippen MR) is 174 cm³/mol. The van der Waals surface area contributed by atoms with Gasteiger partial charge in [0.05, 0.1) is 20.6 Å². The highest BCUT2D eigenvalue weighted by molar-refractivity contribution is 8.27. The van der Waals surface area contributed by atoms with Crippen LogP contribution < -0.4 is 10.2 Å². The Kier molecular flexibility index (Phi) is 7.88. The molecule has 4 aromatic carbocycles. The van der Waals surface area contributed by atoms with E-state index in [-0.39, 0.29) is 11.8 Å². The second kappa shape index (κ2) is 11.7. The van der Waals surface area contributed by atoms with E-state index in [2.05, 4.69) is 9.88 Å². The van der Waals surface area contributed by atoms with E-state index in [0.29, 0.717) is 42.8 Å². The highest BCUT2D eigenvalue weighted by Gasteiger charge is 2.34. The van der Waals surface area contributed by atoms with Gasteiger partial charge < -0.3 is 9.88 Å². The van der Waals surface area contributed by atoms with Crippen molar-refractivity contribution < 1.29 is 14.0 Å². The van der Waals surface area contributed by atoms with Crippen LogP contribution >= 0.6 is 47.2 Å². The Bertz CT molecular complexity index is 1920. The van der Waals surface area contributed by atoms with E-state index in [1.807, 2.05) is 48.7 Å². The molecular weight excluding hydrogens is 612 g/mol. The van der Waals surface area contributed by atoms with Crippen molar-refractivity contribution in [3.05, 3.63) is 135 Å². The van der Waals surface area contributed by atoms with Gasteiger partial charge in [0.1, 0.15) is 5.82 Å². The number of aromatic nitrogens is 1. The topological polar surface area (TPSA) is 54.3 Å². The molecule has 10 heteroatoms. The number of hydrogen-bond donors (Lipinski definition) is 1. The molecule has 2 amide bonds. The number of thiocarbonyl (C=S) groups is 1. The monoisotopic (exact) mass is 631 g/mol. The van der Waals surface area contributed by atoms with Crippen LogP contribution in [0.15, 0.2) is 102 Å². The van der Waals surface area contributed by atoms with Crippen molar-refractivity contribution in [1.82, 2.24) is 4.57 Å². The van der Waals surface area contributed by atoms with Crippen LogP contribution in [0.4, 0.5) is 15.8 Å². The fourth-order valence-electron chi connectivity index (χ4n) is 4.71. The van der Waals surface area contributed by atoms with Crippen LogP contribution in [0.1, 0.15) is 21.5 Å². The Morgan fingerprint density at radius 1 is 0.952 bits per heavy atom. The van der Waals surface area contributed by atoms with Gasteiger partial charge in [-0.2, -0.15) is 0 Å². The number of hydrogen-bond acceptors (Lipinski definition) is 4. The van der Waals surface area contributed by atoms with Gasteiger partial charge in [-0.15, -0.1) is 0 Å². The van der Waals surface area contributed by atoms with Gasteiger partial charge in [-0.3, -0.25) is 14.5 Å². The van der Waals surface area contributed by atoms with Gasteiger partial charge in [0.25, 0.3) is 11.8 Å². The van der Waals surface area contributed by atoms with Gasteiger partial charge in [-0.1, -0.05) is 77.5 Å². The second-order valence-electron chi connectivity index (χ2n) is 9.51. The largest absolute Gasteiger partial charge is 0.342 e. The van der Waals surface area contributed by atoms with E-state index >= 15 is 0 Å². The molecule has 0 atom stereocenters. The number of carbonyl (C=O) groups is 2. The first-order chi connectivity index (χ1) is 20.3. The molecule has 1 aliphatic heterocycles. The third-order valence-electron chi connectivity index (χ3n) is 6.71. The normalized spacial score (nSPS) is 14.3. The lowest BCUT2D eigenvalue weighted by molar-refractivity contribution is -0.113. The summed E-state index contributed by atoms with van der Waals surface area (Å²) in [6.07, 6.45) is 3.85. The quantitative estimate of drug-likeness (QED) is 0.150. The van der Waals surface area contributed by atoms with E-state index < -0.39 is 5.82 Å². The molecule has 1 aliphatic rings. The Morgan fingerprint density at radius 2 is 1.74 bits per heavy atom. The highest BCUT2D eigenvalue weighted by Crippen LogP contribution is 2.37. The summed E-state index contributed by atoms with van der Waals surface area (Å²) in [4.78, 5) is 28.4. The molecule has 0 saturated carbocycles. The molecule has 1 N–H and O–H groups in total.